The zero-order valence-electron chi connectivity index (χ0n) is 9.88. The van der Waals surface area contributed by atoms with Crippen LogP contribution in [-0.2, 0) is 6.18 Å². The van der Waals surface area contributed by atoms with Crippen molar-refractivity contribution in [3.8, 4) is 0 Å². The summed E-state index contributed by atoms with van der Waals surface area (Å²) in [6.45, 7) is 0.643. The van der Waals surface area contributed by atoms with Crippen LogP contribution in [0.3, 0.4) is 0 Å². The van der Waals surface area contributed by atoms with E-state index in [-0.39, 0.29) is 11.7 Å². The maximum absolute atomic E-state index is 13.0. The summed E-state index contributed by atoms with van der Waals surface area (Å²) in [6, 6.07) is 5.74. The van der Waals surface area contributed by atoms with Crippen LogP contribution in [0, 0.1) is 0 Å². The summed E-state index contributed by atoms with van der Waals surface area (Å²) in [7, 11) is 0. The molecular formula is C13H15ClF3N. The third-order valence-electron chi connectivity index (χ3n) is 3.32. The standard InChI is InChI=1S/C13H15ClF3N/c14-9-10-5-3-4-8-18(10)12-7-2-1-6-11(12)13(15,16)17/h1-2,6-7,10H,3-5,8-9H2. The molecule has 1 heterocycles. The van der Waals surface area contributed by atoms with Gasteiger partial charge < -0.3 is 4.90 Å². The number of halogens is 4. The van der Waals surface area contributed by atoms with Crippen LogP contribution in [0.15, 0.2) is 24.3 Å². The number of anilines is 1. The molecule has 0 N–H and O–H groups in total. The normalized spacial score (nSPS) is 21.1. The summed E-state index contributed by atoms with van der Waals surface area (Å²) < 4.78 is 38.9. The molecule has 0 aliphatic carbocycles. The molecule has 1 aromatic rings. The summed E-state index contributed by atoms with van der Waals surface area (Å²) in [4.78, 5) is 1.80. The first-order valence-corrected chi connectivity index (χ1v) is 6.56. The molecule has 100 valence electrons. The molecule has 0 bridgehead atoms. The monoisotopic (exact) mass is 277 g/mol. The van der Waals surface area contributed by atoms with E-state index in [0.717, 1.165) is 25.3 Å². The Morgan fingerprint density at radius 2 is 1.94 bits per heavy atom. The Balaban J connectivity index is 2.37. The predicted octanol–water partition coefficient (Wildman–Crippen LogP) is 4.30. The minimum atomic E-state index is -4.31. The van der Waals surface area contributed by atoms with E-state index in [1.165, 1.54) is 12.1 Å². The fourth-order valence-corrected chi connectivity index (χ4v) is 2.76. The van der Waals surface area contributed by atoms with Gasteiger partial charge in [0.1, 0.15) is 0 Å². The van der Waals surface area contributed by atoms with Gasteiger partial charge in [0.2, 0.25) is 0 Å². The molecule has 1 aliphatic rings. The quantitative estimate of drug-likeness (QED) is 0.729. The molecule has 2 rings (SSSR count). The fraction of sp³-hybridized carbons (Fsp3) is 0.538. The van der Waals surface area contributed by atoms with E-state index in [1.807, 2.05) is 0 Å². The fourth-order valence-electron chi connectivity index (χ4n) is 2.44. The molecule has 1 saturated heterocycles. The van der Waals surface area contributed by atoms with Crippen LogP contribution in [0.2, 0.25) is 0 Å². The second kappa shape index (κ2) is 5.39. The minimum absolute atomic E-state index is 0.00363. The van der Waals surface area contributed by atoms with E-state index >= 15 is 0 Å². The van der Waals surface area contributed by atoms with Crippen molar-refractivity contribution in [3.05, 3.63) is 29.8 Å². The molecule has 5 heteroatoms. The topological polar surface area (TPSA) is 3.24 Å². The lowest BCUT2D eigenvalue weighted by Gasteiger charge is -2.37. The van der Waals surface area contributed by atoms with Gasteiger partial charge in [-0.15, -0.1) is 11.6 Å². The summed E-state index contributed by atoms with van der Waals surface area (Å²) in [6.07, 6.45) is -1.51. The van der Waals surface area contributed by atoms with Gasteiger partial charge in [-0.2, -0.15) is 13.2 Å². The number of benzene rings is 1. The third kappa shape index (κ3) is 2.74. The average Bonchev–Trinajstić information content (AvgIpc) is 2.37. The largest absolute Gasteiger partial charge is 0.418 e. The van der Waals surface area contributed by atoms with Gasteiger partial charge in [0.25, 0.3) is 0 Å². The molecule has 0 radical (unpaired) electrons. The molecule has 1 nitrogen and oxygen atoms in total. The molecule has 0 amide bonds. The Morgan fingerprint density at radius 1 is 1.22 bits per heavy atom. The zero-order chi connectivity index (χ0) is 13.2. The lowest BCUT2D eigenvalue weighted by Crippen LogP contribution is -2.41. The number of hydrogen-bond acceptors (Lipinski definition) is 1. The summed E-state index contributed by atoms with van der Waals surface area (Å²) in [5.74, 6) is 0.367. The van der Waals surface area contributed by atoms with Gasteiger partial charge in [-0.05, 0) is 31.4 Å². The van der Waals surface area contributed by atoms with Crippen LogP contribution < -0.4 is 4.90 Å². The molecule has 1 fully saturated rings. The van der Waals surface area contributed by atoms with Crippen molar-refractivity contribution >= 4 is 17.3 Å². The predicted molar refractivity (Wildman–Crippen MR) is 67.1 cm³/mol. The van der Waals surface area contributed by atoms with E-state index in [9.17, 15) is 13.2 Å². The average molecular weight is 278 g/mol. The lowest BCUT2D eigenvalue weighted by atomic mass is 10.0. The molecule has 1 aromatic carbocycles. The van der Waals surface area contributed by atoms with E-state index < -0.39 is 11.7 Å². The first kappa shape index (κ1) is 13.5. The van der Waals surface area contributed by atoms with Crippen molar-refractivity contribution in [2.75, 3.05) is 17.3 Å². The van der Waals surface area contributed by atoms with Crippen LogP contribution in [0.1, 0.15) is 24.8 Å². The third-order valence-corrected chi connectivity index (χ3v) is 3.68. The van der Waals surface area contributed by atoms with Crippen LogP contribution in [0.4, 0.5) is 18.9 Å². The van der Waals surface area contributed by atoms with Crippen molar-refractivity contribution in [2.45, 2.75) is 31.5 Å². The number of para-hydroxylation sites is 1. The first-order valence-electron chi connectivity index (χ1n) is 6.03. The minimum Gasteiger partial charge on any atom is -0.367 e. The van der Waals surface area contributed by atoms with Crippen LogP contribution >= 0.6 is 11.6 Å². The van der Waals surface area contributed by atoms with E-state index in [1.54, 1.807) is 11.0 Å². The molecule has 0 aromatic heterocycles. The molecular weight excluding hydrogens is 263 g/mol. The molecule has 18 heavy (non-hydrogen) atoms. The number of rotatable bonds is 2. The molecule has 0 spiro atoms. The van der Waals surface area contributed by atoms with Crippen molar-refractivity contribution < 1.29 is 13.2 Å². The Kier molecular flexibility index (Phi) is 4.05. The van der Waals surface area contributed by atoms with Gasteiger partial charge in [-0.1, -0.05) is 12.1 Å². The maximum atomic E-state index is 13.0. The highest BCUT2D eigenvalue weighted by Crippen LogP contribution is 2.38. The summed E-state index contributed by atoms with van der Waals surface area (Å²) in [5, 5.41) is 0. The highest BCUT2D eigenvalue weighted by atomic mass is 35.5. The Bertz CT molecular complexity index is 405. The Labute approximate surface area is 110 Å². The highest BCUT2D eigenvalue weighted by Gasteiger charge is 2.36. The molecule has 1 aliphatic heterocycles. The number of piperidine rings is 1. The van der Waals surface area contributed by atoms with Crippen molar-refractivity contribution in [2.24, 2.45) is 0 Å². The Hall–Kier alpha value is -0.900. The van der Waals surface area contributed by atoms with Gasteiger partial charge in [-0.3, -0.25) is 0 Å². The maximum Gasteiger partial charge on any atom is 0.418 e. The van der Waals surface area contributed by atoms with Gasteiger partial charge >= 0.3 is 6.18 Å². The summed E-state index contributed by atoms with van der Waals surface area (Å²) >= 11 is 5.87. The summed E-state index contributed by atoms with van der Waals surface area (Å²) in [5.41, 5.74) is -0.308. The molecule has 1 unspecified atom stereocenters. The van der Waals surface area contributed by atoms with Crippen molar-refractivity contribution in [3.63, 3.8) is 0 Å². The van der Waals surface area contributed by atoms with E-state index in [0.29, 0.717) is 12.4 Å². The SMILES string of the molecule is FC(F)(F)c1ccccc1N1CCCCC1CCl. The van der Waals surface area contributed by atoms with Gasteiger partial charge in [0, 0.05) is 24.2 Å². The van der Waals surface area contributed by atoms with Crippen LogP contribution in [0.5, 0.6) is 0 Å². The molecule has 1 atom stereocenters. The van der Waals surface area contributed by atoms with Gasteiger partial charge in [0.05, 0.1) is 5.56 Å². The van der Waals surface area contributed by atoms with E-state index in [4.69, 9.17) is 11.6 Å². The Morgan fingerprint density at radius 3 is 2.61 bits per heavy atom. The van der Waals surface area contributed by atoms with Gasteiger partial charge in [0.15, 0.2) is 0 Å². The number of hydrogen-bond donors (Lipinski definition) is 0. The van der Waals surface area contributed by atoms with Gasteiger partial charge in [-0.25, -0.2) is 0 Å². The lowest BCUT2D eigenvalue weighted by molar-refractivity contribution is -0.137. The van der Waals surface area contributed by atoms with Crippen molar-refractivity contribution in [1.29, 1.82) is 0 Å². The molecule has 0 saturated carbocycles. The highest BCUT2D eigenvalue weighted by molar-refractivity contribution is 6.18. The number of alkyl halides is 4. The zero-order valence-corrected chi connectivity index (χ0v) is 10.6. The first-order chi connectivity index (χ1) is 8.54. The second-order valence-electron chi connectivity index (χ2n) is 4.51. The van der Waals surface area contributed by atoms with Crippen LogP contribution in [-0.4, -0.2) is 18.5 Å². The van der Waals surface area contributed by atoms with E-state index in [2.05, 4.69) is 0 Å². The second-order valence-corrected chi connectivity index (χ2v) is 4.82. The van der Waals surface area contributed by atoms with Crippen molar-refractivity contribution in [1.82, 2.24) is 0 Å². The number of nitrogens with zero attached hydrogens (tertiary/aromatic N) is 1. The smallest absolute Gasteiger partial charge is 0.367 e. The van der Waals surface area contributed by atoms with Crippen LogP contribution in [0.25, 0.3) is 0 Å².